The molecule has 1 aromatic carbocycles. The van der Waals surface area contributed by atoms with E-state index >= 15 is 0 Å². The Hall–Kier alpha value is -2.41. The summed E-state index contributed by atoms with van der Waals surface area (Å²) in [6, 6.07) is 9.88. The summed E-state index contributed by atoms with van der Waals surface area (Å²) in [6.45, 7) is 7.99. The lowest BCUT2D eigenvalue weighted by atomic mass is 9.96. The molecule has 3 rings (SSSR count). The summed E-state index contributed by atoms with van der Waals surface area (Å²) in [5, 5.41) is 5.72. The van der Waals surface area contributed by atoms with Crippen molar-refractivity contribution in [3.63, 3.8) is 0 Å². The van der Waals surface area contributed by atoms with Crippen LogP contribution in [0.15, 0.2) is 30.3 Å². The first kappa shape index (κ1) is 21.3. The zero-order valence-electron chi connectivity index (χ0n) is 17.6. The number of likely N-dealkylation sites (N-methyl/N-ethyl adjacent to an activating group) is 1. The molecule has 1 saturated heterocycles. The SMILES string of the molecule is CCN(CC)C(CNC(=O)CN1C(=O)NC(C)(C2CC2)C1=O)Cc1ccccc1. The van der Waals surface area contributed by atoms with Crippen molar-refractivity contribution in [2.24, 2.45) is 5.92 Å². The molecule has 2 unspecified atom stereocenters. The van der Waals surface area contributed by atoms with Gasteiger partial charge in [0.05, 0.1) is 0 Å². The first-order chi connectivity index (χ1) is 13.9. The molecule has 7 heteroatoms. The fourth-order valence-corrected chi connectivity index (χ4v) is 4.18. The second-order valence-electron chi connectivity index (χ2n) is 8.17. The van der Waals surface area contributed by atoms with Crippen molar-refractivity contribution in [2.75, 3.05) is 26.2 Å². The van der Waals surface area contributed by atoms with Gasteiger partial charge in [-0.05, 0) is 50.8 Å². The van der Waals surface area contributed by atoms with Crippen LogP contribution < -0.4 is 10.6 Å². The number of hydrogen-bond donors (Lipinski definition) is 2. The second kappa shape index (κ2) is 8.95. The Kier molecular flexibility index (Phi) is 6.57. The Labute approximate surface area is 172 Å². The second-order valence-corrected chi connectivity index (χ2v) is 8.17. The van der Waals surface area contributed by atoms with E-state index in [2.05, 4.69) is 41.5 Å². The molecule has 2 aliphatic rings. The van der Waals surface area contributed by atoms with Crippen molar-refractivity contribution < 1.29 is 14.4 Å². The molecule has 1 aliphatic carbocycles. The quantitative estimate of drug-likeness (QED) is 0.587. The van der Waals surface area contributed by atoms with Gasteiger partial charge in [0.25, 0.3) is 5.91 Å². The fourth-order valence-electron chi connectivity index (χ4n) is 4.18. The van der Waals surface area contributed by atoms with Crippen LogP contribution in [-0.2, 0) is 16.0 Å². The van der Waals surface area contributed by atoms with Crippen LogP contribution >= 0.6 is 0 Å². The van der Waals surface area contributed by atoms with Gasteiger partial charge in [-0.25, -0.2) is 4.79 Å². The van der Waals surface area contributed by atoms with Crippen LogP contribution in [0.3, 0.4) is 0 Å². The van der Waals surface area contributed by atoms with Crippen molar-refractivity contribution >= 4 is 17.8 Å². The van der Waals surface area contributed by atoms with Crippen LogP contribution in [0.1, 0.15) is 39.2 Å². The number of imide groups is 1. The summed E-state index contributed by atoms with van der Waals surface area (Å²) in [7, 11) is 0. The summed E-state index contributed by atoms with van der Waals surface area (Å²) in [4.78, 5) is 40.8. The topological polar surface area (TPSA) is 81.8 Å². The first-order valence-corrected chi connectivity index (χ1v) is 10.6. The molecule has 0 aromatic heterocycles. The Balaban J connectivity index is 1.58. The van der Waals surface area contributed by atoms with Gasteiger partial charge < -0.3 is 10.6 Å². The molecular weight excluding hydrogens is 368 g/mol. The Morgan fingerprint density at radius 2 is 1.90 bits per heavy atom. The van der Waals surface area contributed by atoms with E-state index in [9.17, 15) is 14.4 Å². The van der Waals surface area contributed by atoms with E-state index in [4.69, 9.17) is 0 Å². The number of hydrogen-bond acceptors (Lipinski definition) is 4. The number of nitrogens with zero attached hydrogens (tertiary/aromatic N) is 2. The van der Waals surface area contributed by atoms with E-state index in [0.29, 0.717) is 6.54 Å². The van der Waals surface area contributed by atoms with Crippen LogP contribution in [0.5, 0.6) is 0 Å². The largest absolute Gasteiger partial charge is 0.353 e. The van der Waals surface area contributed by atoms with Crippen molar-refractivity contribution in [3.8, 4) is 0 Å². The standard InChI is InChI=1S/C22H32N4O3/c1-4-25(5-2)18(13-16-9-7-6-8-10-16)14-23-19(27)15-26-20(28)22(3,17-11-12-17)24-21(26)29/h6-10,17-18H,4-5,11-15H2,1-3H3,(H,23,27)(H,24,29). The maximum Gasteiger partial charge on any atom is 0.325 e. The molecule has 29 heavy (non-hydrogen) atoms. The van der Waals surface area contributed by atoms with Gasteiger partial charge >= 0.3 is 6.03 Å². The zero-order chi connectivity index (χ0) is 21.0. The summed E-state index contributed by atoms with van der Waals surface area (Å²) in [5.74, 6) is -0.409. The maximum atomic E-state index is 12.7. The minimum atomic E-state index is -0.853. The molecule has 4 amide bonds. The zero-order valence-corrected chi connectivity index (χ0v) is 17.6. The molecule has 2 atom stereocenters. The first-order valence-electron chi connectivity index (χ1n) is 10.6. The van der Waals surface area contributed by atoms with Crippen LogP contribution in [0.4, 0.5) is 4.79 Å². The lowest BCUT2D eigenvalue weighted by Crippen LogP contribution is -2.49. The molecule has 1 saturated carbocycles. The molecule has 1 aliphatic heterocycles. The predicted molar refractivity (Wildman–Crippen MR) is 111 cm³/mol. The molecule has 1 aromatic rings. The summed E-state index contributed by atoms with van der Waals surface area (Å²) >= 11 is 0. The van der Waals surface area contributed by atoms with Crippen molar-refractivity contribution in [1.29, 1.82) is 0 Å². The molecule has 2 N–H and O–H groups in total. The molecule has 7 nitrogen and oxygen atoms in total. The highest BCUT2D eigenvalue weighted by molar-refractivity contribution is 6.09. The van der Waals surface area contributed by atoms with Gasteiger partial charge in [-0.15, -0.1) is 0 Å². The number of urea groups is 1. The van der Waals surface area contributed by atoms with Crippen molar-refractivity contribution in [2.45, 2.75) is 51.6 Å². The molecule has 1 heterocycles. The molecule has 0 radical (unpaired) electrons. The van der Waals surface area contributed by atoms with Gasteiger partial charge in [0.2, 0.25) is 5.91 Å². The minimum Gasteiger partial charge on any atom is -0.353 e. The van der Waals surface area contributed by atoms with Crippen LogP contribution in [-0.4, -0.2) is 65.4 Å². The van der Waals surface area contributed by atoms with Gasteiger partial charge in [-0.1, -0.05) is 44.2 Å². The third-order valence-electron chi connectivity index (χ3n) is 6.17. The van der Waals surface area contributed by atoms with Crippen molar-refractivity contribution in [1.82, 2.24) is 20.4 Å². The highest BCUT2D eigenvalue weighted by Crippen LogP contribution is 2.42. The van der Waals surface area contributed by atoms with Gasteiger partial charge in [-0.2, -0.15) is 0 Å². The number of amides is 4. The fraction of sp³-hybridized carbons (Fsp3) is 0.591. The van der Waals surface area contributed by atoms with Crippen molar-refractivity contribution in [3.05, 3.63) is 35.9 Å². The van der Waals surface area contributed by atoms with Gasteiger partial charge in [0, 0.05) is 12.6 Å². The molecule has 2 fully saturated rings. The van der Waals surface area contributed by atoms with Crippen LogP contribution in [0.2, 0.25) is 0 Å². The van der Waals surface area contributed by atoms with Crippen LogP contribution in [0.25, 0.3) is 0 Å². The average Bonchev–Trinajstić information content (AvgIpc) is 3.54. The summed E-state index contributed by atoms with van der Waals surface area (Å²) < 4.78 is 0. The third-order valence-corrected chi connectivity index (χ3v) is 6.17. The summed E-state index contributed by atoms with van der Waals surface area (Å²) in [6.07, 6.45) is 2.70. The Morgan fingerprint density at radius 3 is 2.48 bits per heavy atom. The number of nitrogens with one attached hydrogen (secondary N) is 2. The van der Waals surface area contributed by atoms with E-state index in [-0.39, 0.29) is 30.3 Å². The average molecular weight is 401 g/mol. The normalized spacial score (nSPS) is 22.7. The predicted octanol–water partition coefficient (Wildman–Crippen LogP) is 1.78. The van der Waals surface area contributed by atoms with Gasteiger partial charge in [0.1, 0.15) is 12.1 Å². The Bertz CT molecular complexity index is 746. The highest BCUT2D eigenvalue weighted by Gasteiger charge is 2.56. The molecule has 0 spiro atoms. The number of carbonyl (C=O) groups is 3. The van der Waals surface area contributed by atoms with E-state index in [0.717, 1.165) is 37.3 Å². The maximum absolute atomic E-state index is 12.7. The van der Waals surface area contributed by atoms with Crippen LogP contribution in [0, 0.1) is 5.92 Å². The van der Waals surface area contributed by atoms with E-state index < -0.39 is 11.6 Å². The smallest absolute Gasteiger partial charge is 0.325 e. The van der Waals surface area contributed by atoms with E-state index in [1.54, 1.807) is 6.92 Å². The van der Waals surface area contributed by atoms with Gasteiger partial charge in [0.15, 0.2) is 0 Å². The Morgan fingerprint density at radius 1 is 1.24 bits per heavy atom. The summed E-state index contributed by atoms with van der Waals surface area (Å²) in [5.41, 5.74) is 0.363. The minimum absolute atomic E-state index is 0.149. The molecule has 0 bridgehead atoms. The highest BCUT2D eigenvalue weighted by atomic mass is 16.2. The number of benzene rings is 1. The van der Waals surface area contributed by atoms with Gasteiger partial charge in [-0.3, -0.25) is 19.4 Å². The lowest BCUT2D eigenvalue weighted by molar-refractivity contribution is -0.135. The number of rotatable bonds is 10. The molecule has 158 valence electrons. The molecular formula is C22H32N4O3. The van der Waals surface area contributed by atoms with E-state index in [1.165, 1.54) is 5.56 Å². The van der Waals surface area contributed by atoms with E-state index in [1.807, 2.05) is 18.2 Å². The number of carbonyl (C=O) groups excluding carboxylic acids is 3. The monoisotopic (exact) mass is 400 g/mol. The third kappa shape index (κ3) is 4.78. The lowest BCUT2D eigenvalue weighted by Gasteiger charge is -2.30.